The number of carbonyl (C=O) groups is 2. The van der Waals surface area contributed by atoms with Gasteiger partial charge in [0.15, 0.2) is 5.96 Å². The summed E-state index contributed by atoms with van der Waals surface area (Å²) in [7, 11) is 1.97. The van der Waals surface area contributed by atoms with Crippen LogP contribution in [0.4, 0.5) is 0 Å². The third-order valence-corrected chi connectivity index (χ3v) is 4.80. The van der Waals surface area contributed by atoms with Gasteiger partial charge in [0.25, 0.3) is 0 Å². The molecule has 0 aliphatic carbocycles. The van der Waals surface area contributed by atoms with E-state index in [1.807, 2.05) is 37.1 Å². The largest absolute Gasteiger partial charge is 0.357 e. The van der Waals surface area contributed by atoms with Gasteiger partial charge in [0.2, 0.25) is 11.8 Å². The molecule has 1 heterocycles. The number of likely N-dealkylation sites (tertiary alicyclic amines) is 1. The van der Waals surface area contributed by atoms with Crippen molar-refractivity contribution < 1.29 is 9.59 Å². The van der Waals surface area contributed by atoms with Gasteiger partial charge in [0, 0.05) is 44.0 Å². The fraction of sp³-hybridized carbons (Fsp3) is 0.500. The molecule has 0 atom stereocenters. The van der Waals surface area contributed by atoms with Crippen LogP contribution in [0, 0.1) is 0 Å². The van der Waals surface area contributed by atoms with E-state index in [0.717, 1.165) is 22.5 Å². The minimum absolute atomic E-state index is 0. The summed E-state index contributed by atoms with van der Waals surface area (Å²) >= 11 is 3.56. The van der Waals surface area contributed by atoms with Crippen molar-refractivity contribution in [3.63, 3.8) is 0 Å². The van der Waals surface area contributed by atoms with E-state index in [0.29, 0.717) is 38.9 Å². The van der Waals surface area contributed by atoms with E-state index in [1.54, 1.807) is 0 Å². The first-order valence-electron chi connectivity index (χ1n) is 8.59. The zero-order valence-corrected chi connectivity index (χ0v) is 19.1. The highest BCUT2D eigenvalue weighted by atomic mass is 127. The average Bonchev–Trinajstić information content (AvgIpc) is 2.58. The monoisotopic (exact) mass is 536 g/mol. The maximum atomic E-state index is 11.8. The Morgan fingerprint density at radius 1 is 1.27 bits per heavy atom. The molecule has 8 heteroatoms. The van der Waals surface area contributed by atoms with E-state index < -0.39 is 0 Å². The molecule has 0 aromatic heterocycles. The van der Waals surface area contributed by atoms with E-state index in [9.17, 15) is 9.59 Å². The molecule has 1 aromatic rings. The van der Waals surface area contributed by atoms with Gasteiger partial charge >= 0.3 is 0 Å². The van der Waals surface area contributed by atoms with Crippen molar-refractivity contribution in [2.24, 2.45) is 4.99 Å². The molecule has 2 amide bonds. The smallest absolute Gasteiger partial charge is 0.229 e. The maximum absolute atomic E-state index is 11.8. The fourth-order valence-corrected chi connectivity index (χ4v) is 3.14. The molecular weight excluding hydrogens is 511 g/mol. The number of aliphatic imine (C=N–C) groups is 1. The molecule has 1 aliphatic rings. The van der Waals surface area contributed by atoms with E-state index in [-0.39, 0.29) is 35.8 Å². The van der Waals surface area contributed by atoms with Crippen LogP contribution in [0.2, 0.25) is 0 Å². The van der Waals surface area contributed by atoms with Crippen LogP contribution in [0.15, 0.2) is 33.7 Å². The second-order valence-corrected chi connectivity index (χ2v) is 6.83. The quantitative estimate of drug-likeness (QED) is 0.263. The Labute approximate surface area is 180 Å². The summed E-state index contributed by atoms with van der Waals surface area (Å²) in [6, 6.07) is 8.07. The molecule has 0 radical (unpaired) electrons. The summed E-state index contributed by atoms with van der Waals surface area (Å²) < 4.78 is 1.06. The Balaban J connectivity index is 0.00000338. The molecule has 1 N–H and O–H groups in total. The Morgan fingerprint density at radius 3 is 2.54 bits per heavy atom. The van der Waals surface area contributed by atoms with Crippen molar-refractivity contribution >= 4 is 57.7 Å². The van der Waals surface area contributed by atoms with Gasteiger partial charge in [-0.2, -0.15) is 0 Å². The number of amides is 2. The lowest BCUT2D eigenvalue weighted by Gasteiger charge is -2.25. The number of benzene rings is 1. The minimum atomic E-state index is -0.0852. The number of carbonyl (C=O) groups excluding carboxylic acids is 2. The maximum Gasteiger partial charge on any atom is 0.229 e. The van der Waals surface area contributed by atoms with Crippen LogP contribution in [0.25, 0.3) is 0 Å². The van der Waals surface area contributed by atoms with Gasteiger partial charge in [-0.15, -0.1) is 24.0 Å². The fourth-order valence-electron chi connectivity index (χ4n) is 2.73. The Morgan fingerprint density at radius 2 is 1.92 bits per heavy atom. The Hall–Kier alpha value is -1.16. The number of nitrogens with zero attached hydrogens (tertiary/aromatic N) is 3. The third kappa shape index (κ3) is 6.53. The van der Waals surface area contributed by atoms with Crippen molar-refractivity contribution in [3.05, 3.63) is 34.3 Å². The minimum Gasteiger partial charge on any atom is -0.357 e. The summed E-state index contributed by atoms with van der Waals surface area (Å²) in [4.78, 5) is 31.6. The molecule has 2 rings (SSSR count). The van der Waals surface area contributed by atoms with Gasteiger partial charge in [-0.3, -0.25) is 19.5 Å². The topological polar surface area (TPSA) is 65.0 Å². The van der Waals surface area contributed by atoms with E-state index in [1.165, 1.54) is 4.90 Å². The number of halogens is 2. The standard InChI is InChI=1S/C18H25BrN4O2.HI/c1-3-20-18(22(2)13-14-7-4-5-8-15(14)19)21-11-12-23-16(24)9-6-10-17(23)25;/h4-5,7-8H,3,6,9-13H2,1-2H3,(H,20,21);1H. The number of nitrogens with one attached hydrogen (secondary N) is 1. The van der Waals surface area contributed by atoms with Crippen molar-refractivity contribution in [3.8, 4) is 0 Å². The van der Waals surface area contributed by atoms with Gasteiger partial charge in [-0.05, 0) is 25.0 Å². The second-order valence-electron chi connectivity index (χ2n) is 5.98. The van der Waals surface area contributed by atoms with E-state index in [4.69, 9.17) is 0 Å². The van der Waals surface area contributed by atoms with Crippen molar-refractivity contribution in [2.75, 3.05) is 26.7 Å². The normalized spacial score (nSPS) is 14.9. The highest BCUT2D eigenvalue weighted by Crippen LogP contribution is 2.17. The average molecular weight is 537 g/mol. The zero-order valence-electron chi connectivity index (χ0n) is 15.2. The highest BCUT2D eigenvalue weighted by Gasteiger charge is 2.25. The highest BCUT2D eigenvalue weighted by molar-refractivity contribution is 14.0. The summed E-state index contributed by atoms with van der Waals surface area (Å²) in [5.74, 6) is 0.589. The molecule has 1 fully saturated rings. The predicted molar refractivity (Wildman–Crippen MR) is 118 cm³/mol. The van der Waals surface area contributed by atoms with Crippen molar-refractivity contribution in [2.45, 2.75) is 32.7 Å². The summed E-state index contributed by atoms with van der Waals surface area (Å²) in [6.45, 7) is 4.21. The number of hydrogen-bond donors (Lipinski definition) is 1. The van der Waals surface area contributed by atoms with Gasteiger partial charge in [0.05, 0.1) is 6.54 Å². The molecule has 1 aromatic carbocycles. The van der Waals surface area contributed by atoms with Crippen molar-refractivity contribution in [1.29, 1.82) is 0 Å². The van der Waals surface area contributed by atoms with E-state index >= 15 is 0 Å². The van der Waals surface area contributed by atoms with Gasteiger partial charge in [-0.25, -0.2) is 0 Å². The first-order valence-corrected chi connectivity index (χ1v) is 9.38. The van der Waals surface area contributed by atoms with Crippen LogP contribution in [0.1, 0.15) is 31.7 Å². The lowest BCUT2D eigenvalue weighted by Crippen LogP contribution is -2.42. The molecule has 1 saturated heterocycles. The van der Waals surface area contributed by atoms with Crippen LogP contribution in [0.3, 0.4) is 0 Å². The molecule has 144 valence electrons. The molecule has 6 nitrogen and oxygen atoms in total. The second kappa shape index (κ2) is 11.5. The molecule has 0 spiro atoms. The number of rotatable bonds is 6. The number of hydrogen-bond acceptors (Lipinski definition) is 3. The van der Waals surface area contributed by atoms with Crippen LogP contribution >= 0.6 is 39.9 Å². The lowest BCUT2D eigenvalue weighted by molar-refractivity contribution is -0.147. The molecule has 0 saturated carbocycles. The zero-order chi connectivity index (χ0) is 18.2. The molecule has 26 heavy (non-hydrogen) atoms. The molecular formula is C18H26BrIN4O2. The number of piperidine rings is 1. The van der Waals surface area contributed by atoms with Crippen LogP contribution in [-0.2, 0) is 16.1 Å². The number of guanidine groups is 1. The Kier molecular flexibility index (Phi) is 10.1. The molecule has 0 bridgehead atoms. The number of imide groups is 1. The van der Waals surface area contributed by atoms with E-state index in [2.05, 4.69) is 32.3 Å². The van der Waals surface area contributed by atoms with Gasteiger partial charge in [0.1, 0.15) is 0 Å². The lowest BCUT2D eigenvalue weighted by atomic mass is 10.1. The van der Waals surface area contributed by atoms with Gasteiger partial charge in [-0.1, -0.05) is 34.1 Å². The van der Waals surface area contributed by atoms with Crippen LogP contribution in [0.5, 0.6) is 0 Å². The van der Waals surface area contributed by atoms with Crippen LogP contribution in [-0.4, -0.2) is 54.3 Å². The first-order chi connectivity index (χ1) is 12.0. The summed E-state index contributed by atoms with van der Waals surface area (Å²) in [5, 5.41) is 3.25. The summed E-state index contributed by atoms with van der Waals surface area (Å²) in [6.07, 6.45) is 1.57. The first kappa shape index (κ1) is 22.9. The Bertz CT molecular complexity index is 638. The predicted octanol–water partition coefficient (Wildman–Crippen LogP) is 3.00. The third-order valence-electron chi connectivity index (χ3n) is 4.03. The van der Waals surface area contributed by atoms with Crippen LogP contribution < -0.4 is 5.32 Å². The molecule has 1 aliphatic heterocycles. The SMILES string of the molecule is CCNC(=NCCN1C(=O)CCCC1=O)N(C)Cc1ccccc1Br.I. The van der Waals surface area contributed by atoms with Crippen molar-refractivity contribution in [1.82, 2.24) is 15.1 Å². The molecule has 0 unspecified atom stereocenters. The van der Waals surface area contributed by atoms with Gasteiger partial charge < -0.3 is 10.2 Å². The summed E-state index contributed by atoms with van der Waals surface area (Å²) in [5.41, 5.74) is 1.16.